The van der Waals surface area contributed by atoms with Gasteiger partial charge in [0.1, 0.15) is 0 Å². The fraction of sp³-hybridized carbons (Fsp3) is 0.143. The van der Waals surface area contributed by atoms with Crippen LogP contribution in [0.15, 0.2) is 54.6 Å². The minimum absolute atomic E-state index is 0.120. The molecule has 0 saturated carbocycles. The molecule has 4 rings (SSSR count). The zero-order chi connectivity index (χ0) is 19.3. The second-order valence-electron chi connectivity index (χ2n) is 6.81. The minimum atomic E-state index is -0.505. The van der Waals surface area contributed by atoms with Crippen LogP contribution in [0.1, 0.15) is 46.0 Å². The molecular formula is C21H16N2O4. The smallest absolute Gasteiger partial charge is 0.268 e. The first-order chi connectivity index (χ1) is 12.9. The lowest BCUT2D eigenvalue weighted by molar-refractivity contribution is -0.383. The quantitative estimate of drug-likeness (QED) is 0.386. The SMILES string of the molecule is CC(C)c1ccc(N2C(=O)c3cccc4c([N+](=O)[O-])ccc(c34)C2=O)cc1. The summed E-state index contributed by atoms with van der Waals surface area (Å²) in [6.45, 7) is 4.13. The Morgan fingerprint density at radius 2 is 1.52 bits per heavy atom. The molecule has 0 unspecified atom stereocenters. The average molecular weight is 360 g/mol. The van der Waals surface area contributed by atoms with Crippen molar-refractivity contribution in [3.05, 3.63) is 81.4 Å². The molecule has 3 aromatic carbocycles. The summed E-state index contributed by atoms with van der Waals surface area (Å²) in [6, 6.07) is 14.8. The van der Waals surface area contributed by atoms with Gasteiger partial charge in [0.05, 0.1) is 16.0 Å². The predicted octanol–water partition coefficient (Wildman–Crippen LogP) is 4.67. The standard InChI is InChI=1S/C21H16N2O4/c1-12(2)13-6-8-14(9-7-13)22-20(24)16-5-3-4-15-18(23(26)27)11-10-17(19(15)16)21(22)25/h3-12H,1-2H3. The Morgan fingerprint density at radius 3 is 2.11 bits per heavy atom. The Kier molecular flexibility index (Phi) is 3.77. The van der Waals surface area contributed by atoms with E-state index in [-0.39, 0.29) is 5.69 Å². The van der Waals surface area contributed by atoms with Gasteiger partial charge in [-0.3, -0.25) is 19.7 Å². The van der Waals surface area contributed by atoms with Crippen LogP contribution < -0.4 is 4.90 Å². The van der Waals surface area contributed by atoms with Gasteiger partial charge in [-0.25, -0.2) is 4.90 Å². The van der Waals surface area contributed by atoms with E-state index in [4.69, 9.17) is 0 Å². The van der Waals surface area contributed by atoms with Gasteiger partial charge >= 0.3 is 0 Å². The molecule has 6 nitrogen and oxygen atoms in total. The van der Waals surface area contributed by atoms with Crippen LogP contribution in [-0.4, -0.2) is 16.7 Å². The lowest BCUT2D eigenvalue weighted by atomic mass is 9.92. The zero-order valence-electron chi connectivity index (χ0n) is 14.8. The molecule has 134 valence electrons. The van der Waals surface area contributed by atoms with Gasteiger partial charge in [-0.05, 0) is 41.8 Å². The number of benzene rings is 3. The molecule has 27 heavy (non-hydrogen) atoms. The van der Waals surface area contributed by atoms with Crippen LogP contribution in [0.25, 0.3) is 10.8 Å². The monoisotopic (exact) mass is 360 g/mol. The van der Waals surface area contributed by atoms with E-state index in [1.807, 2.05) is 12.1 Å². The van der Waals surface area contributed by atoms with E-state index in [0.29, 0.717) is 33.5 Å². The summed E-state index contributed by atoms with van der Waals surface area (Å²) in [6.07, 6.45) is 0. The third-order valence-corrected chi connectivity index (χ3v) is 4.90. The topological polar surface area (TPSA) is 80.5 Å². The third-order valence-electron chi connectivity index (χ3n) is 4.90. The molecule has 0 aliphatic carbocycles. The van der Waals surface area contributed by atoms with Crippen LogP contribution in [0.3, 0.4) is 0 Å². The Labute approximate surface area is 155 Å². The summed E-state index contributed by atoms with van der Waals surface area (Å²) in [4.78, 5) is 38.0. The second kappa shape index (κ2) is 6.02. The first-order valence-electron chi connectivity index (χ1n) is 8.59. The average Bonchev–Trinajstić information content (AvgIpc) is 2.66. The number of nitrogens with zero attached hydrogens (tertiary/aromatic N) is 2. The van der Waals surface area contributed by atoms with Crippen molar-refractivity contribution in [3.63, 3.8) is 0 Å². The number of nitro benzene ring substituents is 1. The van der Waals surface area contributed by atoms with Crippen molar-refractivity contribution in [2.24, 2.45) is 0 Å². The number of hydrogen-bond acceptors (Lipinski definition) is 4. The number of hydrogen-bond donors (Lipinski definition) is 0. The molecule has 3 aromatic rings. The Morgan fingerprint density at radius 1 is 0.889 bits per heavy atom. The highest BCUT2D eigenvalue weighted by Gasteiger charge is 2.35. The molecule has 0 radical (unpaired) electrons. The summed E-state index contributed by atoms with van der Waals surface area (Å²) >= 11 is 0. The van der Waals surface area contributed by atoms with Crippen LogP contribution in [0, 0.1) is 10.1 Å². The van der Waals surface area contributed by atoms with Crippen molar-refractivity contribution in [2.45, 2.75) is 19.8 Å². The number of nitro groups is 1. The fourth-order valence-electron chi connectivity index (χ4n) is 3.48. The van der Waals surface area contributed by atoms with E-state index >= 15 is 0 Å². The van der Waals surface area contributed by atoms with E-state index < -0.39 is 16.7 Å². The Balaban J connectivity index is 1.90. The second-order valence-corrected chi connectivity index (χ2v) is 6.81. The van der Waals surface area contributed by atoms with Crippen molar-refractivity contribution in [1.82, 2.24) is 0 Å². The van der Waals surface area contributed by atoms with Gasteiger partial charge in [0, 0.05) is 22.6 Å². The summed E-state index contributed by atoms with van der Waals surface area (Å²) in [5, 5.41) is 11.9. The van der Waals surface area contributed by atoms with Gasteiger partial charge in [-0.15, -0.1) is 0 Å². The summed E-state index contributed by atoms with van der Waals surface area (Å²) in [5.74, 6) is -0.617. The highest BCUT2D eigenvalue weighted by molar-refractivity contribution is 6.36. The molecule has 0 spiro atoms. The molecular weight excluding hydrogens is 344 g/mol. The number of carbonyl (C=O) groups excluding carboxylic acids is 2. The van der Waals surface area contributed by atoms with Gasteiger partial charge in [0.25, 0.3) is 17.5 Å². The number of non-ortho nitro benzene ring substituents is 1. The maximum atomic E-state index is 13.0. The maximum Gasteiger partial charge on any atom is 0.277 e. The number of amides is 2. The molecule has 6 heteroatoms. The van der Waals surface area contributed by atoms with Crippen molar-refractivity contribution in [3.8, 4) is 0 Å². The van der Waals surface area contributed by atoms with E-state index in [1.165, 1.54) is 12.1 Å². The number of anilines is 1. The number of imide groups is 1. The van der Waals surface area contributed by atoms with Crippen molar-refractivity contribution < 1.29 is 14.5 Å². The van der Waals surface area contributed by atoms with E-state index in [2.05, 4.69) is 13.8 Å². The van der Waals surface area contributed by atoms with Crippen molar-refractivity contribution >= 4 is 34.0 Å². The van der Waals surface area contributed by atoms with Crippen molar-refractivity contribution in [1.29, 1.82) is 0 Å². The molecule has 0 bridgehead atoms. The van der Waals surface area contributed by atoms with Crippen LogP contribution in [0.5, 0.6) is 0 Å². The first kappa shape index (κ1) is 16.9. The summed E-state index contributed by atoms with van der Waals surface area (Å²) in [5.41, 5.74) is 2.05. The van der Waals surface area contributed by atoms with Gasteiger partial charge in [-0.1, -0.05) is 32.0 Å². The van der Waals surface area contributed by atoms with E-state index in [9.17, 15) is 19.7 Å². The normalized spacial score (nSPS) is 13.5. The lowest BCUT2D eigenvalue weighted by Gasteiger charge is -2.27. The molecule has 0 aromatic heterocycles. The number of rotatable bonds is 3. The molecule has 1 heterocycles. The predicted molar refractivity (Wildman–Crippen MR) is 102 cm³/mol. The molecule has 0 fully saturated rings. The lowest BCUT2D eigenvalue weighted by Crippen LogP contribution is -2.40. The highest BCUT2D eigenvalue weighted by Crippen LogP contribution is 2.37. The molecule has 0 N–H and O–H groups in total. The van der Waals surface area contributed by atoms with Crippen LogP contribution in [0.2, 0.25) is 0 Å². The van der Waals surface area contributed by atoms with Gasteiger partial charge in [-0.2, -0.15) is 0 Å². The van der Waals surface area contributed by atoms with Crippen molar-refractivity contribution in [2.75, 3.05) is 4.90 Å². The number of carbonyl (C=O) groups is 2. The third kappa shape index (κ3) is 2.49. The largest absolute Gasteiger partial charge is 0.277 e. The van der Waals surface area contributed by atoms with Gasteiger partial charge < -0.3 is 0 Å². The molecule has 0 atom stereocenters. The molecule has 2 amide bonds. The highest BCUT2D eigenvalue weighted by atomic mass is 16.6. The first-order valence-corrected chi connectivity index (χ1v) is 8.59. The minimum Gasteiger partial charge on any atom is -0.268 e. The summed E-state index contributed by atoms with van der Waals surface area (Å²) < 4.78 is 0. The maximum absolute atomic E-state index is 13.0. The van der Waals surface area contributed by atoms with E-state index in [0.717, 1.165) is 10.5 Å². The Hall–Kier alpha value is -3.54. The molecule has 0 saturated heterocycles. The zero-order valence-corrected chi connectivity index (χ0v) is 14.8. The molecule has 1 aliphatic rings. The fourth-order valence-corrected chi connectivity index (χ4v) is 3.48. The van der Waals surface area contributed by atoms with E-state index in [1.54, 1.807) is 30.3 Å². The Bertz CT molecular complexity index is 1090. The van der Waals surface area contributed by atoms with Gasteiger partial charge in [0.15, 0.2) is 0 Å². The van der Waals surface area contributed by atoms with Gasteiger partial charge in [0.2, 0.25) is 0 Å². The summed E-state index contributed by atoms with van der Waals surface area (Å²) in [7, 11) is 0. The van der Waals surface area contributed by atoms with Crippen LogP contribution in [-0.2, 0) is 0 Å². The van der Waals surface area contributed by atoms with Crippen LogP contribution in [0.4, 0.5) is 11.4 Å². The van der Waals surface area contributed by atoms with Crippen LogP contribution >= 0.6 is 0 Å². The molecule has 1 aliphatic heterocycles.